The van der Waals surface area contributed by atoms with Crippen molar-refractivity contribution in [2.45, 2.75) is 6.42 Å². The van der Waals surface area contributed by atoms with Crippen molar-refractivity contribution in [3.8, 4) is 11.5 Å². The number of hydrogen-bond acceptors (Lipinski definition) is 5. The van der Waals surface area contributed by atoms with E-state index in [1.807, 2.05) is 18.2 Å². The molecule has 2 heterocycles. The number of fused-ring (bicyclic) bond motifs is 1. The van der Waals surface area contributed by atoms with E-state index in [1.54, 1.807) is 18.2 Å². The van der Waals surface area contributed by atoms with Crippen LogP contribution < -0.4 is 0 Å². The monoisotopic (exact) mass is 345 g/mol. The Hall–Kier alpha value is -2.31. The lowest BCUT2D eigenvalue weighted by Gasteiger charge is -1.94. The lowest BCUT2D eigenvalue weighted by molar-refractivity contribution is 0.517. The van der Waals surface area contributed by atoms with Crippen molar-refractivity contribution in [3.63, 3.8) is 0 Å². The number of hydrogen-bond donors (Lipinski definition) is 0. The molecule has 2 aromatic carbocycles. The van der Waals surface area contributed by atoms with Gasteiger partial charge < -0.3 is 4.42 Å². The highest BCUT2D eigenvalue weighted by atomic mass is 35.5. The molecule has 23 heavy (non-hydrogen) atoms. The minimum absolute atomic E-state index is 0.324. The van der Waals surface area contributed by atoms with Gasteiger partial charge >= 0.3 is 0 Å². The summed E-state index contributed by atoms with van der Waals surface area (Å²) in [6.45, 7) is 0. The van der Waals surface area contributed by atoms with Crippen LogP contribution in [0, 0.1) is 5.82 Å². The molecule has 4 nitrogen and oxygen atoms in total. The lowest BCUT2D eigenvalue weighted by atomic mass is 10.2. The Morgan fingerprint density at radius 3 is 2.83 bits per heavy atom. The van der Waals surface area contributed by atoms with E-state index in [0.717, 1.165) is 15.3 Å². The minimum Gasteiger partial charge on any atom is -0.420 e. The van der Waals surface area contributed by atoms with Crippen molar-refractivity contribution < 1.29 is 8.81 Å². The number of benzene rings is 2. The molecule has 7 heteroatoms. The number of rotatable bonds is 3. The molecular formula is C16H9ClFN3OS. The molecule has 0 saturated heterocycles. The largest absolute Gasteiger partial charge is 0.420 e. The van der Waals surface area contributed by atoms with Gasteiger partial charge in [0, 0.05) is 10.6 Å². The third kappa shape index (κ3) is 2.83. The van der Waals surface area contributed by atoms with E-state index in [4.69, 9.17) is 16.0 Å². The molecule has 0 fully saturated rings. The first-order valence-corrected chi connectivity index (χ1v) is 8.01. The predicted molar refractivity (Wildman–Crippen MR) is 87.1 cm³/mol. The van der Waals surface area contributed by atoms with Crippen molar-refractivity contribution in [1.82, 2.24) is 15.2 Å². The average Bonchev–Trinajstić information content (AvgIpc) is 3.15. The Balaban J connectivity index is 1.63. The number of aromatic nitrogens is 3. The molecule has 4 aromatic rings. The zero-order valence-corrected chi connectivity index (χ0v) is 13.2. The van der Waals surface area contributed by atoms with Gasteiger partial charge in [0.15, 0.2) is 0 Å². The van der Waals surface area contributed by atoms with Gasteiger partial charge in [0.2, 0.25) is 11.8 Å². The van der Waals surface area contributed by atoms with Crippen LogP contribution in [0.15, 0.2) is 46.9 Å². The highest BCUT2D eigenvalue weighted by Crippen LogP contribution is 2.27. The summed E-state index contributed by atoms with van der Waals surface area (Å²) in [6, 6.07) is 12.1. The number of para-hydroxylation sites is 1. The molecule has 0 spiro atoms. The van der Waals surface area contributed by atoms with Crippen LogP contribution >= 0.6 is 22.9 Å². The van der Waals surface area contributed by atoms with Crippen molar-refractivity contribution in [2.75, 3.05) is 0 Å². The molecule has 0 atom stereocenters. The number of thiazole rings is 1. The lowest BCUT2D eigenvalue weighted by Crippen LogP contribution is -1.87. The molecule has 4 rings (SSSR count). The average molecular weight is 346 g/mol. The van der Waals surface area contributed by atoms with E-state index in [9.17, 15) is 4.39 Å². The van der Waals surface area contributed by atoms with E-state index in [-0.39, 0.29) is 5.82 Å². The van der Waals surface area contributed by atoms with Crippen molar-refractivity contribution in [3.05, 3.63) is 64.2 Å². The fraction of sp³-hybridized carbons (Fsp3) is 0.0625. The predicted octanol–water partition coefficient (Wildman–Crippen LogP) is 4.73. The maximum absolute atomic E-state index is 13.7. The fourth-order valence-corrected chi connectivity index (χ4v) is 3.39. The van der Waals surface area contributed by atoms with E-state index >= 15 is 0 Å². The van der Waals surface area contributed by atoms with Gasteiger partial charge in [-0.05, 0) is 30.3 Å². The quantitative estimate of drug-likeness (QED) is 0.538. The Morgan fingerprint density at radius 1 is 1.13 bits per heavy atom. The molecule has 2 aromatic heterocycles. The van der Waals surface area contributed by atoms with Crippen LogP contribution in [0.25, 0.3) is 21.7 Å². The molecule has 0 aliphatic carbocycles. The van der Waals surface area contributed by atoms with Crippen molar-refractivity contribution in [2.24, 2.45) is 0 Å². The second-order valence-electron chi connectivity index (χ2n) is 4.88. The molecule has 0 aliphatic rings. The molecule has 114 valence electrons. The van der Waals surface area contributed by atoms with Gasteiger partial charge in [0.25, 0.3) is 0 Å². The minimum atomic E-state index is -0.324. The van der Waals surface area contributed by atoms with Gasteiger partial charge in [-0.25, -0.2) is 9.37 Å². The first kappa shape index (κ1) is 14.3. The second kappa shape index (κ2) is 5.72. The van der Waals surface area contributed by atoms with Crippen LogP contribution in [-0.4, -0.2) is 15.2 Å². The summed E-state index contributed by atoms with van der Waals surface area (Å²) in [6.07, 6.45) is 0.367. The fourth-order valence-electron chi connectivity index (χ4n) is 2.23. The van der Waals surface area contributed by atoms with Crippen molar-refractivity contribution >= 4 is 33.2 Å². The number of halogens is 2. The van der Waals surface area contributed by atoms with Crippen LogP contribution in [0.5, 0.6) is 0 Å². The Bertz CT molecular complexity index is 998. The van der Waals surface area contributed by atoms with E-state index in [2.05, 4.69) is 15.2 Å². The first-order chi connectivity index (χ1) is 11.2. The maximum atomic E-state index is 13.7. The Labute approximate surface area is 139 Å². The molecule has 0 N–H and O–H groups in total. The van der Waals surface area contributed by atoms with Crippen LogP contribution in [-0.2, 0) is 6.42 Å². The third-order valence-corrected chi connectivity index (χ3v) is 4.51. The molecule has 0 radical (unpaired) electrons. The maximum Gasteiger partial charge on any atom is 0.247 e. The summed E-state index contributed by atoms with van der Waals surface area (Å²) in [7, 11) is 0. The van der Waals surface area contributed by atoms with Crippen LogP contribution in [0.3, 0.4) is 0 Å². The molecule has 0 unspecified atom stereocenters. The molecule has 0 amide bonds. The summed E-state index contributed by atoms with van der Waals surface area (Å²) in [5.41, 5.74) is 1.13. The van der Waals surface area contributed by atoms with E-state index in [1.165, 1.54) is 17.4 Å². The summed E-state index contributed by atoms with van der Waals surface area (Å²) in [5, 5.41) is 9.37. The molecule has 0 aliphatic heterocycles. The van der Waals surface area contributed by atoms with Crippen LogP contribution in [0.2, 0.25) is 5.02 Å². The Morgan fingerprint density at radius 2 is 2.00 bits per heavy atom. The van der Waals surface area contributed by atoms with E-state index in [0.29, 0.717) is 28.7 Å². The highest BCUT2D eigenvalue weighted by Gasteiger charge is 2.13. The zero-order valence-electron chi connectivity index (χ0n) is 11.7. The number of nitrogens with zero attached hydrogens (tertiary/aromatic N) is 3. The second-order valence-corrected chi connectivity index (χ2v) is 6.43. The third-order valence-electron chi connectivity index (χ3n) is 3.25. The van der Waals surface area contributed by atoms with Gasteiger partial charge in [-0.3, -0.25) is 0 Å². The molecular weight excluding hydrogens is 337 g/mol. The Kier molecular flexibility index (Phi) is 3.55. The highest BCUT2D eigenvalue weighted by molar-refractivity contribution is 7.18. The first-order valence-electron chi connectivity index (χ1n) is 6.81. The standard InChI is InChI=1S/C16H9ClFN3OS/c17-10-4-1-3-9(7-10)16-21-20-13(22-16)8-14-19-15-11(18)5-2-6-12(15)23-14/h1-7H,8H2. The van der Waals surface area contributed by atoms with Crippen molar-refractivity contribution in [1.29, 1.82) is 0 Å². The summed E-state index contributed by atoms with van der Waals surface area (Å²) < 4.78 is 20.1. The summed E-state index contributed by atoms with van der Waals surface area (Å²) in [5.74, 6) is 0.504. The zero-order chi connectivity index (χ0) is 15.8. The topological polar surface area (TPSA) is 51.8 Å². The summed E-state index contributed by atoms with van der Waals surface area (Å²) >= 11 is 7.37. The normalized spacial score (nSPS) is 11.2. The van der Waals surface area contributed by atoms with E-state index < -0.39 is 0 Å². The van der Waals surface area contributed by atoms with Gasteiger partial charge in [-0.15, -0.1) is 21.5 Å². The van der Waals surface area contributed by atoms with Gasteiger partial charge in [-0.1, -0.05) is 23.7 Å². The van der Waals surface area contributed by atoms with Crippen LogP contribution in [0.4, 0.5) is 4.39 Å². The molecule has 0 saturated carbocycles. The van der Waals surface area contributed by atoms with Gasteiger partial charge in [0.1, 0.15) is 16.3 Å². The SMILES string of the molecule is Fc1cccc2sc(Cc3nnc(-c4cccc(Cl)c4)o3)nc12. The smallest absolute Gasteiger partial charge is 0.247 e. The van der Waals surface area contributed by atoms with Gasteiger partial charge in [-0.2, -0.15) is 0 Å². The van der Waals surface area contributed by atoms with Gasteiger partial charge in [0.05, 0.1) is 11.1 Å². The van der Waals surface area contributed by atoms with Crippen LogP contribution in [0.1, 0.15) is 10.9 Å². The molecule has 0 bridgehead atoms. The summed E-state index contributed by atoms with van der Waals surface area (Å²) in [4.78, 5) is 4.30.